The van der Waals surface area contributed by atoms with Gasteiger partial charge in [0.15, 0.2) is 0 Å². The monoisotopic (exact) mass is 330 g/mol. The van der Waals surface area contributed by atoms with E-state index in [2.05, 4.69) is 32.3 Å². The number of nitrogens with zero attached hydrogens (tertiary/aromatic N) is 1. The van der Waals surface area contributed by atoms with E-state index in [9.17, 15) is 0 Å². The maximum absolute atomic E-state index is 6.23. The number of thiazole rings is 1. The molecule has 1 heterocycles. The second kappa shape index (κ2) is 5.96. The normalized spacial score (nSPS) is 12.6. The molecule has 90 valence electrons. The van der Waals surface area contributed by atoms with Gasteiger partial charge in [-0.25, -0.2) is 4.98 Å². The van der Waals surface area contributed by atoms with Crippen molar-refractivity contribution < 1.29 is 0 Å². The summed E-state index contributed by atoms with van der Waals surface area (Å²) in [6, 6.07) is 6.10. The van der Waals surface area contributed by atoms with E-state index < -0.39 is 0 Å². The number of likely N-dealkylation sites (N-methyl/N-ethyl adjacent to an activating group) is 1. The summed E-state index contributed by atoms with van der Waals surface area (Å²) >= 11 is 11.4. The summed E-state index contributed by atoms with van der Waals surface area (Å²) in [5.74, 6) is 0. The lowest BCUT2D eigenvalue weighted by atomic mass is 10.0. The third kappa shape index (κ3) is 3.28. The first-order valence-electron chi connectivity index (χ1n) is 5.21. The van der Waals surface area contributed by atoms with Gasteiger partial charge in [0, 0.05) is 33.5 Å². The molecular formula is C12H12BrClN2S. The van der Waals surface area contributed by atoms with Gasteiger partial charge in [-0.05, 0) is 30.8 Å². The molecule has 5 heteroatoms. The van der Waals surface area contributed by atoms with Crippen molar-refractivity contribution in [3.63, 3.8) is 0 Å². The Bertz CT molecular complexity index is 487. The van der Waals surface area contributed by atoms with E-state index in [-0.39, 0.29) is 6.04 Å². The second-order valence-electron chi connectivity index (χ2n) is 3.64. The van der Waals surface area contributed by atoms with Crippen LogP contribution in [0.4, 0.5) is 0 Å². The van der Waals surface area contributed by atoms with Gasteiger partial charge in [0.1, 0.15) is 0 Å². The lowest BCUT2D eigenvalue weighted by Crippen LogP contribution is -2.19. The Labute approximate surface area is 118 Å². The number of hydrogen-bond donors (Lipinski definition) is 1. The average molecular weight is 332 g/mol. The zero-order chi connectivity index (χ0) is 12.3. The number of nitrogens with one attached hydrogen (secondary N) is 1. The average Bonchev–Trinajstić information content (AvgIpc) is 2.82. The minimum Gasteiger partial charge on any atom is -0.313 e. The Morgan fingerprint density at radius 1 is 1.53 bits per heavy atom. The molecule has 0 spiro atoms. The third-order valence-corrected chi connectivity index (χ3v) is 4.18. The molecule has 17 heavy (non-hydrogen) atoms. The van der Waals surface area contributed by atoms with E-state index in [1.165, 1.54) is 0 Å². The first-order valence-corrected chi connectivity index (χ1v) is 7.26. The molecule has 2 aromatic rings. The van der Waals surface area contributed by atoms with E-state index in [1.54, 1.807) is 11.3 Å². The van der Waals surface area contributed by atoms with Gasteiger partial charge in [0.05, 0.1) is 5.01 Å². The van der Waals surface area contributed by atoms with Crippen LogP contribution in [0.3, 0.4) is 0 Å². The molecule has 0 fully saturated rings. The summed E-state index contributed by atoms with van der Waals surface area (Å²) < 4.78 is 1.04. The number of aromatic nitrogens is 1. The van der Waals surface area contributed by atoms with Crippen LogP contribution < -0.4 is 5.32 Å². The standard InChI is InChI=1S/C12H12BrClN2S/c1-15-11(7-12-16-4-5-17-12)9-6-8(13)2-3-10(9)14/h2-6,11,15H,7H2,1H3. The highest BCUT2D eigenvalue weighted by atomic mass is 79.9. The van der Waals surface area contributed by atoms with Crippen LogP contribution >= 0.6 is 38.9 Å². The summed E-state index contributed by atoms with van der Waals surface area (Å²) in [5.41, 5.74) is 1.10. The van der Waals surface area contributed by atoms with Crippen molar-refractivity contribution in [2.24, 2.45) is 0 Å². The van der Waals surface area contributed by atoms with Gasteiger partial charge < -0.3 is 5.32 Å². The molecule has 0 amide bonds. The molecule has 0 saturated heterocycles. The van der Waals surface area contributed by atoms with Crippen LogP contribution in [0.1, 0.15) is 16.6 Å². The number of hydrogen-bond acceptors (Lipinski definition) is 3. The fourth-order valence-corrected chi connectivity index (χ4v) is 2.97. The summed E-state index contributed by atoms with van der Waals surface area (Å²) in [6.07, 6.45) is 2.68. The minimum absolute atomic E-state index is 0.186. The molecule has 1 aromatic carbocycles. The van der Waals surface area contributed by atoms with Crippen molar-refractivity contribution in [3.05, 3.63) is 49.8 Å². The van der Waals surface area contributed by atoms with E-state index in [4.69, 9.17) is 11.6 Å². The van der Waals surface area contributed by atoms with E-state index in [1.807, 2.05) is 30.8 Å². The van der Waals surface area contributed by atoms with Crippen LogP contribution in [0.2, 0.25) is 5.02 Å². The molecule has 1 unspecified atom stereocenters. The molecule has 0 aliphatic heterocycles. The quantitative estimate of drug-likeness (QED) is 0.914. The van der Waals surface area contributed by atoms with Crippen molar-refractivity contribution in [3.8, 4) is 0 Å². The predicted octanol–water partition coefficient (Wildman–Crippen LogP) is 4.06. The number of rotatable bonds is 4. The van der Waals surface area contributed by atoms with Gasteiger partial charge in [-0.2, -0.15) is 0 Å². The highest BCUT2D eigenvalue weighted by Crippen LogP contribution is 2.28. The number of benzene rings is 1. The molecular weight excluding hydrogens is 320 g/mol. The second-order valence-corrected chi connectivity index (χ2v) is 5.94. The molecule has 0 saturated carbocycles. The Kier molecular flexibility index (Phi) is 4.56. The molecule has 0 aliphatic rings. The van der Waals surface area contributed by atoms with Gasteiger partial charge in [-0.3, -0.25) is 0 Å². The van der Waals surface area contributed by atoms with Crippen molar-refractivity contribution in [2.75, 3.05) is 7.05 Å². The Hall–Kier alpha value is -0.420. The van der Waals surface area contributed by atoms with Crippen molar-refractivity contribution in [2.45, 2.75) is 12.5 Å². The lowest BCUT2D eigenvalue weighted by Gasteiger charge is -2.17. The van der Waals surface area contributed by atoms with Crippen LogP contribution in [0.25, 0.3) is 0 Å². The number of halogens is 2. The Morgan fingerprint density at radius 2 is 2.35 bits per heavy atom. The SMILES string of the molecule is CNC(Cc1nccs1)c1cc(Br)ccc1Cl. The van der Waals surface area contributed by atoms with Gasteiger partial charge in [-0.1, -0.05) is 27.5 Å². The van der Waals surface area contributed by atoms with Gasteiger partial charge >= 0.3 is 0 Å². The van der Waals surface area contributed by atoms with Gasteiger partial charge in [-0.15, -0.1) is 11.3 Å². The fourth-order valence-electron chi connectivity index (χ4n) is 1.68. The highest BCUT2D eigenvalue weighted by molar-refractivity contribution is 9.10. The zero-order valence-corrected chi connectivity index (χ0v) is 12.4. The van der Waals surface area contributed by atoms with E-state index in [0.717, 1.165) is 26.5 Å². The molecule has 2 nitrogen and oxygen atoms in total. The zero-order valence-electron chi connectivity index (χ0n) is 9.28. The summed E-state index contributed by atoms with van der Waals surface area (Å²) in [5, 5.41) is 7.17. The third-order valence-electron chi connectivity index (χ3n) is 2.54. The molecule has 1 atom stereocenters. The van der Waals surface area contributed by atoms with Crippen LogP contribution in [-0.2, 0) is 6.42 Å². The van der Waals surface area contributed by atoms with Crippen LogP contribution in [0.5, 0.6) is 0 Å². The van der Waals surface area contributed by atoms with Crippen LogP contribution in [-0.4, -0.2) is 12.0 Å². The van der Waals surface area contributed by atoms with Crippen LogP contribution in [0.15, 0.2) is 34.2 Å². The summed E-state index contributed by atoms with van der Waals surface area (Å²) in [7, 11) is 1.94. The Morgan fingerprint density at radius 3 is 3.00 bits per heavy atom. The first kappa shape index (κ1) is 13.0. The molecule has 0 bridgehead atoms. The molecule has 2 rings (SSSR count). The maximum atomic E-state index is 6.23. The van der Waals surface area contributed by atoms with Crippen molar-refractivity contribution >= 4 is 38.9 Å². The van der Waals surface area contributed by atoms with E-state index >= 15 is 0 Å². The first-order chi connectivity index (χ1) is 8.20. The fraction of sp³-hybridized carbons (Fsp3) is 0.250. The smallest absolute Gasteiger partial charge is 0.0943 e. The van der Waals surface area contributed by atoms with E-state index in [0.29, 0.717) is 0 Å². The summed E-state index contributed by atoms with van der Waals surface area (Å²) in [6.45, 7) is 0. The topological polar surface area (TPSA) is 24.9 Å². The lowest BCUT2D eigenvalue weighted by molar-refractivity contribution is 0.590. The van der Waals surface area contributed by atoms with Gasteiger partial charge in [0.2, 0.25) is 0 Å². The largest absolute Gasteiger partial charge is 0.313 e. The summed E-state index contributed by atoms with van der Waals surface area (Å²) in [4.78, 5) is 4.31. The van der Waals surface area contributed by atoms with Gasteiger partial charge in [0.25, 0.3) is 0 Å². The molecule has 0 aliphatic carbocycles. The molecule has 1 N–H and O–H groups in total. The maximum Gasteiger partial charge on any atom is 0.0943 e. The molecule has 0 radical (unpaired) electrons. The molecule has 1 aromatic heterocycles. The minimum atomic E-state index is 0.186. The Balaban J connectivity index is 2.25. The van der Waals surface area contributed by atoms with Crippen molar-refractivity contribution in [1.82, 2.24) is 10.3 Å². The van der Waals surface area contributed by atoms with Crippen LogP contribution in [0, 0.1) is 0 Å². The predicted molar refractivity (Wildman–Crippen MR) is 76.8 cm³/mol. The van der Waals surface area contributed by atoms with Crippen molar-refractivity contribution in [1.29, 1.82) is 0 Å². The highest BCUT2D eigenvalue weighted by Gasteiger charge is 2.15.